The highest BCUT2D eigenvalue weighted by atomic mass is 32.2. The molecule has 2 atom stereocenters. The van der Waals surface area contributed by atoms with Crippen LogP contribution < -0.4 is 10.2 Å². The van der Waals surface area contributed by atoms with Crippen LogP contribution in [0.3, 0.4) is 0 Å². The second-order valence-electron chi connectivity index (χ2n) is 8.13. The first-order valence-corrected chi connectivity index (χ1v) is 10.5. The van der Waals surface area contributed by atoms with E-state index in [0.717, 1.165) is 0 Å². The van der Waals surface area contributed by atoms with Crippen molar-refractivity contribution in [1.82, 2.24) is 4.90 Å². The number of para-hydroxylation sites is 2. The first-order chi connectivity index (χ1) is 13.6. The van der Waals surface area contributed by atoms with Crippen molar-refractivity contribution < 1.29 is 23.9 Å². The van der Waals surface area contributed by atoms with E-state index in [-0.39, 0.29) is 16.7 Å². The average Bonchev–Trinajstić information content (AvgIpc) is 3.16. The number of nitrogens with one attached hydrogen (secondary N) is 1. The highest BCUT2D eigenvalue weighted by molar-refractivity contribution is 8.01. The summed E-state index contributed by atoms with van der Waals surface area (Å²) in [7, 11) is 0. The Bertz CT molecular complexity index is 917. The SMILES string of the molecule is CC1(C)C(=O)Nc2ccccc2N1C(=O)COC(=O)[C@@H]1CS[C@@]2(C)CCC(=O)N12. The molecule has 0 aromatic heterocycles. The van der Waals surface area contributed by atoms with Gasteiger partial charge in [-0.2, -0.15) is 0 Å². The van der Waals surface area contributed by atoms with Gasteiger partial charge in [0.05, 0.1) is 16.2 Å². The number of ether oxygens (including phenoxy) is 1. The maximum atomic E-state index is 13.0. The monoisotopic (exact) mass is 417 g/mol. The Balaban J connectivity index is 1.49. The minimum Gasteiger partial charge on any atom is -0.454 e. The van der Waals surface area contributed by atoms with Crippen LogP contribution in [0.4, 0.5) is 11.4 Å². The number of rotatable bonds is 3. The van der Waals surface area contributed by atoms with Crippen LogP contribution in [0.15, 0.2) is 24.3 Å². The zero-order valence-corrected chi connectivity index (χ0v) is 17.4. The molecule has 0 radical (unpaired) electrons. The Labute approximate surface area is 172 Å². The van der Waals surface area contributed by atoms with E-state index in [0.29, 0.717) is 30.0 Å². The number of benzene rings is 1. The van der Waals surface area contributed by atoms with Crippen LogP contribution in [0, 0.1) is 0 Å². The zero-order valence-electron chi connectivity index (χ0n) is 16.6. The molecule has 2 saturated heterocycles. The van der Waals surface area contributed by atoms with Gasteiger partial charge in [0.15, 0.2) is 6.61 Å². The number of thioether (sulfide) groups is 1. The molecule has 9 heteroatoms. The van der Waals surface area contributed by atoms with Crippen molar-refractivity contribution in [3.8, 4) is 0 Å². The lowest BCUT2D eigenvalue weighted by molar-refractivity contribution is -0.156. The fraction of sp³-hybridized carbons (Fsp3) is 0.500. The second kappa shape index (κ2) is 6.76. The minimum absolute atomic E-state index is 0.0615. The average molecular weight is 417 g/mol. The lowest BCUT2D eigenvalue weighted by Gasteiger charge is -2.41. The Morgan fingerprint density at radius 1 is 1.24 bits per heavy atom. The summed E-state index contributed by atoms with van der Waals surface area (Å²) < 4.78 is 5.32. The van der Waals surface area contributed by atoms with Crippen LogP contribution in [-0.4, -0.2) is 57.4 Å². The van der Waals surface area contributed by atoms with Crippen LogP contribution in [0.2, 0.25) is 0 Å². The van der Waals surface area contributed by atoms with Crippen LogP contribution in [0.1, 0.15) is 33.6 Å². The zero-order chi connectivity index (χ0) is 21.0. The molecule has 2 fully saturated rings. The fourth-order valence-corrected chi connectivity index (χ4v) is 5.60. The molecule has 1 N–H and O–H groups in total. The quantitative estimate of drug-likeness (QED) is 0.753. The fourth-order valence-electron chi connectivity index (χ4n) is 4.19. The maximum Gasteiger partial charge on any atom is 0.330 e. The summed E-state index contributed by atoms with van der Waals surface area (Å²) in [5, 5.41) is 2.79. The second-order valence-corrected chi connectivity index (χ2v) is 9.63. The van der Waals surface area contributed by atoms with Crippen molar-refractivity contribution in [1.29, 1.82) is 0 Å². The van der Waals surface area contributed by atoms with E-state index in [4.69, 9.17) is 4.74 Å². The number of carbonyl (C=O) groups is 4. The summed E-state index contributed by atoms with van der Waals surface area (Å²) in [4.78, 5) is 52.9. The number of esters is 1. The van der Waals surface area contributed by atoms with Crippen molar-refractivity contribution >= 4 is 46.8 Å². The summed E-state index contributed by atoms with van der Waals surface area (Å²) in [6, 6.07) is 6.30. The van der Waals surface area contributed by atoms with Gasteiger partial charge in [0, 0.05) is 12.2 Å². The molecule has 0 aliphatic carbocycles. The number of nitrogens with zero attached hydrogens (tertiary/aromatic N) is 2. The predicted octanol–water partition coefficient (Wildman–Crippen LogP) is 1.75. The van der Waals surface area contributed by atoms with E-state index < -0.39 is 30.1 Å². The summed E-state index contributed by atoms with van der Waals surface area (Å²) >= 11 is 1.56. The Morgan fingerprint density at radius 3 is 2.72 bits per heavy atom. The summed E-state index contributed by atoms with van der Waals surface area (Å²) in [5.74, 6) is -1.00. The molecule has 154 valence electrons. The van der Waals surface area contributed by atoms with Crippen molar-refractivity contribution in [2.24, 2.45) is 0 Å². The van der Waals surface area contributed by atoms with Crippen LogP contribution >= 0.6 is 11.8 Å². The van der Waals surface area contributed by atoms with E-state index in [9.17, 15) is 19.2 Å². The molecule has 4 rings (SSSR count). The highest BCUT2D eigenvalue weighted by Gasteiger charge is 2.53. The predicted molar refractivity (Wildman–Crippen MR) is 108 cm³/mol. The Morgan fingerprint density at radius 2 is 1.97 bits per heavy atom. The van der Waals surface area contributed by atoms with E-state index in [2.05, 4.69) is 5.32 Å². The summed E-state index contributed by atoms with van der Waals surface area (Å²) in [6.45, 7) is 4.73. The van der Waals surface area contributed by atoms with Gasteiger partial charge in [-0.25, -0.2) is 4.79 Å². The molecule has 8 nitrogen and oxygen atoms in total. The van der Waals surface area contributed by atoms with Gasteiger partial charge in [0.25, 0.3) is 5.91 Å². The van der Waals surface area contributed by atoms with Crippen molar-refractivity contribution in [2.75, 3.05) is 22.6 Å². The van der Waals surface area contributed by atoms with Crippen LogP contribution in [0.25, 0.3) is 0 Å². The van der Waals surface area contributed by atoms with Gasteiger partial charge in [0.2, 0.25) is 11.8 Å². The maximum absolute atomic E-state index is 13.0. The lowest BCUT2D eigenvalue weighted by atomic mass is 9.96. The third kappa shape index (κ3) is 3.08. The van der Waals surface area contributed by atoms with Gasteiger partial charge in [-0.15, -0.1) is 11.8 Å². The number of fused-ring (bicyclic) bond motifs is 2. The molecule has 0 saturated carbocycles. The molecule has 29 heavy (non-hydrogen) atoms. The molecule has 1 aromatic carbocycles. The van der Waals surface area contributed by atoms with Gasteiger partial charge < -0.3 is 15.0 Å². The number of anilines is 2. The normalized spacial score (nSPS) is 27.3. The third-order valence-corrected chi connectivity index (χ3v) is 7.32. The van der Waals surface area contributed by atoms with E-state index >= 15 is 0 Å². The standard InChI is InChI=1S/C20H23N3O5S/c1-19(2)18(27)21-12-6-4-5-7-13(12)22(19)16(25)10-28-17(26)14-11-29-20(3)9-8-15(24)23(14)20/h4-7,14H,8-11H2,1-3H3,(H,21,27)/t14-,20-/m0/s1. The topological polar surface area (TPSA) is 96.0 Å². The molecular formula is C20H23N3O5S. The number of carbonyl (C=O) groups excluding carboxylic acids is 4. The van der Waals surface area contributed by atoms with Crippen molar-refractivity contribution in [3.63, 3.8) is 0 Å². The van der Waals surface area contributed by atoms with E-state index in [1.165, 1.54) is 4.90 Å². The van der Waals surface area contributed by atoms with E-state index in [1.807, 2.05) is 6.92 Å². The molecule has 0 unspecified atom stereocenters. The molecule has 0 spiro atoms. The largest absolute Gasteiger partial charge is 0.454 e. The highest BCUT2D eigenvalue weighted by Crippen LogP contribution is 2.47. The molecule has 0 bridgehead atoms. The number of amides is 3. The van der Waals surface area contributed by atoms with Gasteiger partial charge in [-0.05, 0) is 39.3 Å². The first kappa shape index (κ1) is 19.8. The summed E-state index contributed by atoms with van der Waals surface area (Å²) in [5.41, 5.74) is -0.0520. The molecule has 3 aliphatic rings. The minimum atomic E-state index is -1.13. The smallest absolute Gasteiger partial charge is 0.330 e. The molecule has 3 amide bonds. The molecule has 3 aliphatic heterocycles. The Kier molecular flexibility index (Phi) is 4.60. The van der Waals surface area contributed by atoms with Gasteiger partial charge in [-0.3, -0.25) is 19.3 Å². The Hall–Kier alpha value is -2.55. The first-order valence-electron chi connectivity index (χ1n) is 9.51. The number of hydrogen-bond acceptors (Lipinski definition) is 6. The van der Waals surface area contributed by atoms with Gasteiger partial charge in [0.1, 0.15) is 11.6 Å². The molecular weight excluding hydrogens is 394 g/mol. The lowest BCUT2D eigenvalue weighted by Crippen LogP contribution is -2.59. The summed E-state index contributed by atoms with van der Waals surface area (Å²) in [6.07, 6.45) is 1.12. The van der Waals surface area contributed by atoms with Crippen molar-refractivity contribution in [2.45, 2.75) is 50.1 Å². The van der Waals surface area contributed by atoms with Crippen molar-refractivity contribution in [3.05, 3.63) is 24.3 Å². The number of hydrogen-bond donors (Lipinski definition) is 1. The van der Waals surface area contributed by atoms with E-state index in [1.54, 1.807) is 54.8 Å². The third-order valence-electron chi connectivity index (χ3n) is 5.81. The van der Waals surface area contributed by atoms with Gasteiger partial charge in [-0.1, -0.05) is 12.1 Å². The van der Waals surface area contributed by atoms with Crippen LogP contribution in [0.5, 0.6) is 0 Å². The van der Waals surface area contributed by atoms with Gasteiger partial charge >= 0.3 is 5.97 Å². The molecule has 1 aromatic rings. The van der Waals surface area contributed by atoms with Crippen LogP contribution in [-0.2, 0) is 23.9 Å². The molecule has 3 heterocycles.